The molecule has 1 aromatic carbocycles. The summed E-state index contributed by atoms with van der Waals surface area (Å²) in [5, 5.41) is 20.5. The van der Waals surface area contributed by atoms with E-state index in [1.807, 2.05) is 19.1 Å². The third-order valence-electron chi connectivity index (χ3n) is 7.10. The van der Waals surface area contributed by atoms with Crippen molar-refractivity contribution in [2.24, 2.45) is 17.3 Å². The van der Waals surface area contributed by atoms with Crippen LogP contribution >= 0.6 is 0 Å². The Bertz CT molecular complexity index is 693. The van der Waals surface area contributed by atoms with Crippen molar-refractivity contribution in [1.29, 1.82) is 0 Å². The molecule has 6 atom stereocenters. The fourth-order valence-electron chi connectivity index (χ4n) is 5.80. The van der Waals surface area contributed by atoms with Gasteiger partial charge in [-0.05, 0) is 73.1 Å². The number of rotatable bonds is 0. The summed E-state index contributed by atoms with van der Waals surface area (Å²) >= 11 is 0. The second-order valence-corrected chi connectivity index (χ2v) is 7.87. The van der Waals surface area contributed by atoms with E-state index in [1.54, 1.807) is 6.07 Å². The Morgan fingerprint density at radius 1 is 1.35 bits per heavy atom. The summed E-state index contributed by atoms with van der Waals surface area (Å²) in [6.07, 6.45) is 8.14. The summed E-state index contributed by atoms with van der Waals surface area (Å²) in [6.45, 7) is 1.99. The Labute approximate surface area is 136 Å². The van der Waals surface area contributed by atoms with E-state index in [0.717, 1.165) is 25.7 Å². The van der Waals surface area contributed by atoms with Crippen molar-refractivity contribution in [2.75, 3.05) is 0 Å². The first kappa shape index (κ1) is 15.0. The normalized spacial score (nSPS) is 44.8. The second-order valence-electron chi connectivity index (χ2n) is 7.87. The monoisotopic (exact) mass is 314 g/mol. The third-order valence-corrected chi connectivity index (χ3v) is 7.10. The van der Waals surface area contributed by atoms with Crippen molar-refractivity contribution in [3.63, 3.8) is 0 Å². The van der Waals surface area contributed by atoms with Crippen molar-refractivity contribution >= 4 is 0 Å². The Kier molecular flexibility index (Phi) is 3.09. The number of terminal acetylenes is 1. The van der Waals surface area contributed by atoms with Gasteiger partial charge < -0.3 is 10.2 Å². The molecule has 0 radical (unpaired) electrons. The first-order valence-electron chi connectivity index (χ1n) is 8.56. The van der Waals surface area contributed by atoms with Gasteiger partial charge in [-0.2, -0.15) is 0 Å². The summed E-state index contributed by atoms with van der Waals surface area (Å²) < 4.78 is 14.6. The lowest BCUT2D eigenvalue weighted by atomic mass is 9.53. The lowest BCUT2D eigenvalue weighted by molar-refractivity contribution is -0.0846. The number of benzene rings is 1. The highest BCUT2D eigenvalue weighted by atomic mass is 19.1. The van der Waals surface area contributed by atoms with E-state index in [-0.39, 0.29) is 5.92 Å². The summed E-state index contributed by atoms with van der Waals surface area (Å²) in [5.41, 5.74) is 0.360. The maximum absolute atomic E-state index is 14.6. The van der Waals surface area contributed by atoms with E-state index in [1.165, 1.54) is 11.1 Å². The van der Waals surface area contributed by atoms with Gasteiger partial charge in [-0.15, -0.1) is 6.42 Å². The lowest BCUT2D eigenvalue weighted by Crippen LogP contribution is -2.52. The Morgan fingerprint density at radius 3 is 2.87 bits per heavy atom. The largest absolute Gasteiger partial charge is 0.508 e. The van der Waals surface area contributed by atoms with Gasteiger partial charge >= 0.3 is 0 Å². The van der Waals surface area contributed by atoms with Crippen LogP contribution in [0.4, 0.5) is 4.39 Å². The Morgan fingerprint density at radius 2 is 2.13 bits per heavy atom. The van der Waals surface area contributed by atoms with Crippen molar-refractivity contribution in [2.45, 2.75) is 56.7 Å². The molecule has 122 valence electrons. The third kappa shape index (κ3) is 1.79. The number of aromatic hydroxyl groups is 1. The number of fused-ring (bicyclic) bond motifs is 5. The smallest absolute Gasteiger partial charge is 0.161 e. The van der Waals surface area contributed by atoms with Crippen LogP contribution in [0.1, 0.15) is 49.7 Å². The molecule has 0 aromatic heterocycles. The summed E-state index contributed by atoms with van der Waals surface area (Å²) in [6, 6.07) is 5.64. The average molecular weight is 314 g/mol. The van der Waals surface area contributed by atoms with Crippen LogP contribution in [0.15, 0.2) is 18.2 Å². The minimum atomic E-state index is -1.63. The lowest BCUT2D eigenvalue weighted by Gasteiger charge is -2.51. The first-order valence-corrected chi connectivity index (χ1v) is 8.56. The molecular weight excluding hydrogens is 291 g/mol. The molecule has 0 amide bonds. The number of phenols is 1. The molecule has 1 unspecified atom stereocenters. The molecular formula is C20H23FO2. The average Bonchev–Trinajstić information content (AvgIpc) is 2.75. The minimum Gasteiger partial charge on any atom is -0.508 e. The maximum Gasteiger partial charge on any atom is 0.161 e. The number of aliphatic hydroxyl groups is 1. The van der Waals surface area contributed by atoms with Crippen LogP contribution < -0.4 is 0 Å². The molecule has 3 heteroatoms. The van der Waals surface area contributed by atoms with Gasteiger partial charge in [0.05, 0.1) is 0 Å². The van der Waals surface area contributed by atoms with Crippen LogP contribution in [0.5, 0.6) is 5.75 Å². The number of alkyl halides is 1. The topological polar surface area (TPSA) is 40.5 Å². The van der Waals surface area contributed by atoms with Gasteiger partial charge in [-0.3, -0.25) is 0 Å². The standard InChI is InChI=1S/C20H23FO2/c1-3-20(23)18(21)11-17-16-6-4-12-10-13(22)5-7-14(12)15(16)8-9-19(17,20)2/h1,5,7,10,15-18,22-23H,4,6,8-9,11H2,2H3/t15-,16-,17+,18?,19+,20+/m1/s1. The SMILES string of the molecule is C#C[C@]1(O)C(F)C[C@H]2[C@@H]3CCc4cc(O)ccc4[C@H]3CC[C@@]21C. The van der Waals surface area contributed by atoms with Crippen molar-refractivity contribution < 1.29 is 14.6 Å². The van der Waals surface area contributed by atoms with E-state index in [9.17, 15) is 14.6 Å². The molecule has 23 heavy (non-hydrogen) atoms. The molecule has 3 aliphatic rings. The van der Waals surface area contributed by atoms with Crippen LogP contribution in [0.3, 0.4) is 0 Å². The molecule has 2 nitrogen and oxygen atoms in total. The van der Waals surface area contributed by atoms with Crippen LogP contribution in [0, 0.1) is 29.6 Å². The summed E-state index contributed by atoms with van der Waals surface area (Å²) in [7, 11) is 0. The molecule has 2 N–H and O–H groups in total. The van der Waals surface area contributed by atoms with Gasteiger partial charge in [0.15, 0.2) is 5.60 Å². The number of phenolic OH excluding ortho intramolecular Hbond substituents is 1. The summed E-state index contributed by atoms with van der Waals surface area (Å²) in [5.74, 6) is 3.60. The fourth-order valence-corrected chi connectivity index (χ4v) is 5.80. The Balaban J connectivity index is 1.74. The van der Waals surface area contributed by atoms with E-state index in [4.69, 9.17) is 6.42 Å². The van der Waals surface area contributed by atoms with Crippen LogP contribution in [-0.2, 0) is 6.42 Å². The quantitative estimate of drug-likeness (QED) is 0.719. The van der Waals surface area contributed by atoms with Crippen molar-refractivity contribution in [3.05, 3.63) is 29.3 Å². The van der Waals surface area contributed by atoms with Gasteiger partial charge in [0, 0.05) is 5.41 Å². The zero-order valence-electron chi connectivity index (χ0n) is 13.4. The molecule has 2 fully saturated rings. The van der Waals surface area contributed by atoms with Crippen molar-refractivity contribution in [1.82, 2.24) is 0 Å². The van der Waals surface area contributed by atoms with E-state index in [0.29, 0.717) is 24.0 Å². The highest BCUT2D eigenvalue weighted by Crippen LogP contribution is 2.64. The molecule has 0 saturated heterocycles. The molecule has 3 aliphatic carbocycles. The van der Waals surface area contributed by atoms with Crippen molar-refractivity contribution in [3.8, 4) is 18.1 Å². The fraction of sp³-hybridized carbons (Fsp3) is 0.600. The molecule has 0 spiro atoms. The Hall–Kier alpha value is -1.53. The minimum absolute atomic E-state index is 0.124. The van der Waals surface area contributed by atoms with Crippen LogP contribution in [0.25, 0.3) is 0 Å². The number of halogens is 1. The molecule has 0 bridgehead atoms. The second kappa shape index (κ2) is 4.74. The maximum atomic E-state index is 14.6. The van der Waals surface area contributed by atoms with E-state index in [2.05, 4.69) is 5.92 Å². The number of aryl methyl sites for hydroxylation is 1. The number of hydrogen-bond donors (Lipinski definition) is 2. The van der Waals surface area contributed by atoms with Gasteiger partial charge in [0.2, 0.25) is 0 Å². The zero-order valence-corrected chi connectivity index (χ0v) is 13.4. The van der Waals surface area contributed by atoms with Gasteiger partial charge in [-0.25, -0.2) is 4.39 Å². The molecule has 0 heterocycles. The number of hydrogen-bond acceptors (Lipinski definition) is 2. The van der Waals surface area contributed by atoms with Gasteiger partial charge in [0.1, 0.15) is 11.9 Å². The molecule has 0 aliphatic heterocycles. The first-order chi connectivity index (χ1) is 10.9. The van der Waals surface area contributed by atoms with Crippen LogP contribution in [0.2, 0.25) is 0 Å². The molecule has 1 aromatic rings. The predicted octanol–water partition coefficient (Wildman–Crippen LogP) is 3.56. The zero-order chi connectivity index (χ0) is 16.4. The van der Waals surface area contributed by atoms with Crippen LogP contribution in [-0.4, -0.2) is 22.0 Å². The highest BCUT2D eigenvalue weighted by molar-refractivity contribution is 5.41. The van der Waals surface area contributed by atoms with Gasteiger partial charge in [0.25, 0.3) is 0 Å². The molecule has 2 saturated carbocycles. The van der Waals surface area contributed by atoms with Gasteiger partial charge in [-0.1, -0.05) is 18.9 Å². The predicted molar refractivity (Wildman–Crippen MR) is 86.8 cm³/mol. The summed E-state index contributed by atoms with van der Waals surface area (Å²) in [4.78, 5) is 0. The molecule has 4 rings (SSSR count). The van der Waals surface area contributed by atoms with E-state index >= 15 is 0 Å². The highest BCUT2D eigenvalue weighted by Gasteiger charge is 2.65. The van der Waals surface area contributed by atoms with E-state index < -0.39 is 17.2 Å².